The second kappa shape index (κ2) is 6.70. The van der Waals surface area contributed by atoms with Gasteiger partial charge in [0.1, 0.15) is 0 Å². The van der Waals surface area contributed by atoms with Crippen molar-refractivity contribution in [1.29, 1.82) is 0 Å². The molecular formula is C15H20INO2. The van der Waals surface area contributed by atoms with Crippen LogP contribution in [0, 0.1) is 16.4 Å². The van der Waals surface area contributed by atoms with Gasteiger partial charge >= 0.3 is 0 Å². The molecule has 4 heteroatoms. The lowest BCUT2D eigenvalue weighted by molar-refractivity contribution is 0.0826. The Hall–Kier alpha value is -0.620. The number of nitrogens with one attached hydrogen (secondary N) is 1. The van der Waals surface area contributed by atoms with Crippen LogP contribution in [0.2, 0.25) is 0 Å². The molecule has 2 atom stereocenters. The molecule has 2 rings (SSSR count). The minimum absolute atomic E-state index is 0.0230. The number of carbonyl (C=O) groups excluding carboxylic acids is 1. The van der Waals surface area contributed by atoms with Crippen LogP contribution >= 0.6 is 22.6 Å². The van der Waals surface area contributed by atoms with E-state index < -0.39 is 0 Å². The lowest BCUT2D eigenvalue weighted by Gasteiger charge is -2.17. The molecule has 1 fully saturated rings. The molecular weight excluding hydrogens is 353 g/mol. The Bertz CT molecular complexity index is 461. The third kappa shape index (κ3) is 3.48. The van der Waals surface area contributed by atoms with Gasteiger partial charge in [-0.1, -0.05) is 19.1 Å². The SMILES string of the molecule is CCC1OCCC1CNC(=O)c1cccc(C)c1I. The summed E-state index contributed by atoms with van der Waals surface area (Å²) in [6.07, 6.45) is 2.36. The van der Waals surface area contributed by atoms with Crippen LogP contribution in [0.15, 0.2) is 18.2 Å². The predicted molar refractivity (Wildman–Crippen MR) is 84.4 cm³/mol. The van der Waals surface area contributed by atoms with E-state index in [4.69, 9.17) is 4.74 Å². The number of hydrogen-bond acceptors (Lipinski definition) is 2. The average molecular weight is 373 g/mol. The van der Waals surface area contributed by atoms with E-state index in [2.05, 4.69) is 34.8 Å². The molecule has 1 aliphatic rings. The quantitative estimate of drug-likeness (QED) is 0.824. The minimum Gasteiger partial charge on any atom is -0.378 e. The zero-order chi connectivity index (χ0) is 13.8. The average Bonchev–Trinajstić information content (AvgIpc) is 2.86. The van der Waals surface area contributed by atoms with Gasteiger partial charge in [0, 0.05) is 22.6 Å². The van der Waals surface area contributed by atoms with E-state index in [1.54, 1.807) is 0 Å². The number of hydrogen-bond donors (Lipinski definition) is 1. The predicted octanol–water partition coefficient (Wildman–Crippen LogP) is 3.14. The fraction of sp³-hybridized carbons (Fsp3) is 0.533. The van der Waals surface area contributed by atoms with Gasteiger partial charge in [-0.15, -0.1) is 0 Å². The van der Waals surface area contributed by atoms with Crippen LogP contribution in [0.4, 0.5) is 0 Å². The number of ether oxygens (including phenoxy) is 1. The Labute approximate surface area is 128 Å². The second-order valence-electron chi connectivity index (χ2n) is 5.01. The summed E-state index contributed by atoms with van der Waals surface area (Å²) in [6.45, 7) is 5.69. The summed E-state index contributed by atoms with van der Waals surface area (Å²) >= 11 is 2.23. The van der Waals surface area contributed by atoms with Gasteiger partial charge in [-0.3, -0.25) is 4.79 Å². The Morgan fingerprint density at radius 1 is 1.53 bits per heavy atom. The number of amides is 1. The molecule has 19 heavy (non-hydrogen) atoms. The summed E-state index contributed by atoms with van der Waals surface area (Å²) in [6, 6.07) is 5.84. The fourth-order valence-electron chi connectivity index (χ4n) is 2.52. The molecule has 1 aliphatic heterocycles. The highest BCUT2D eigenvalue weighted by molar-refractivity contribution is 14.1. The van der Waals surface area contributed by atoms with Gasteiger partial charge < -0.3 is 10.1 Å². The highest BCUT2D eigenvalue weighted by Crippen LogP contribution is 2.23. The topological polar surface area (TPSA) is 38.3 Å². The number of carbonyl (C=O) groups is 1. The Balaban J connectivity index is 1.96. The molecule has 1 aromatic carbocycles. The van der Waals surface area contributed by atoms with Crippen molar-refractivity contribution >= 4 is 28.5 Å². The van der Waals surface area contributed by atoms with Crippen molar-refractivity contribution in [2.45, 2.75) is 32.8 Å². The van der Waals surface area contributed by atoms with E-state index in [0.717, 1.165) is 34.1 Å². The monoisotopic (exact) mass is 373 g/mol. The highest BCUT2D eigenvalue weighted by atomic mass is 127. The first-order chi connectivity index (χ1) is 9.13. The van der Waals surface area contributed by atoms with E-state index in [-0.39, 0.29) is 5.91 Å². The molecule has 0 saturated carbocycles. The van der Waals surface area contributed by atoms with Crippen molar-refractivity contribution in [2.24, 2.45) is 5.92 Å². The van der Waals surface area contributed by atoms with E-state index in [1.807, 2.05) is 25.1 Å². The van der Waals surface area contributed by atoms with E-state index >= 15 is 0 Å². The third-order valence-electron chi connectivity index (χ3n) is 3.71. The van der Waals surface area contributed by atoms with Crippen molar-refractivity contribution in [3.05, 3.63) is 32.9 Å². The van der Waals surface area contributed by atoms with E-state index in [9.17, 15) is 4.79 Å². The van der Waals surface area contributed by atoms with Crippen LogP contribution in [-0.4, -0.2) is 25.2 Å². The van der Waals surface area contributed by atoms with Gasteiger partial charge in [0.25, 0.3) is 5.91 Å². The first-order valence-corrected chi connectivity index (χ1v) is 7.86. The molecule has 0 radical (unpaired) electrons. The van der Waals surface area contributed by atoms with Crippen molar-refractivity contribution in [1.82, 2.24) is 5.32 Å². The van der Waals surface area contributed by atoms with Gasteiger partial charge in [0.15, 0.2) is 0 Å². The molecule has 1 heterocycles. The standard InChI is InChI=1S/C15H20INO2/c1-3-13-11(7-8-19-13)9-17-15(18)12-6-4-5-10(2)14(12)16/h4-6,11,13H,3,7-9H2,1-2H3,(H,17,18). The number of benzene rings is 1. The zero-order valence-electron chi connectivity index (χ0n) is 11.4. The molecule has 1 N–H and O–H groups in total. The van der Waals surface area contributed by atoms with Gasteiger partial charge in [0.2, 0.25) is 0 Å². The van der Waals surface area contributed by atoms with E-state index in [1.165, 1.54) is 0 Å². The summed E-state index contributed by atoms with van der Waals surface area (Å²) in [5.41, 5.74) is 1.91. The van der Waals surface area contributed by atoms with Crippen LogP contribution in [0.3, 0.4) is 0 Å². The summed E-state index contributed by atoms with van der Waals surface area (Å²) < 4.78 is 6.68. The van der Waals surface area contributed by atoms with Gasteiger partial charge in [-0.25, -0.2) is 0 Å². The molecule has 1 amide bonds. The molecule has 1 saturated heterocycles. The number of rotatable bonds is 4. The van der Waals surface area contributed by atoms with Crippen LogP contribution in [0.1, 0.15) is 35.7 Å². The molecule has 0 aliphatic carbocycles. The smallest absolute Gasteiger partial charge is 0.252 e. The van der Waals surface area contributed by atoms with E-state index in [0.29, 0.717) is 18.6 Å². The van der Waals surface area contributed by atoms with Crippen LogP contribution < -0.4 is 5.32 Å². The van der Waals surface area contributed by atoms with Crippen molar-refractivity contribution < 1.29 is 9.53 Å². The maximum absolute atomic E-state index is 12.2. The van der Waals surface area contributed by atoms with Crippen molar-refractivity contribution in [3.8, 4) is 0 Å². The molecule has 104 valence electrons. The second-order valence-corrected chi connectivity index (χ2v) is 6.09. The van der Waals surface area contributed by atoms with Crippen LogP contribution in [0.5, 0.6) is 0 Å². The third-order valence-corrected chi connectivity index (χ3v) is 5.14. The Morgan fingerprint density at radius 2 is 2.32 bits per heavy atom. The molecule has 0 spiro atoms. The van der Waals surface area contributed by atoms with Gasteiger partial charge in [-0.05, 0) is 54.0 Å². The molecule has 1 aromatic rings. The van der Waals surface area contributed by atoms with Crippen molar-refractivity contribution in [2.75, 3.05) is 13.2 Å². The first kappa shape index (κ1) is 14.8. The van der Waals surface area contributed by atoms with Crippen LogP contribution in [0.25, 0.3) is 0 Å². The van der Waals surface area contributed by atoms with Gasteiger partial charge in [0.05, 0.1) is 11.7 Å². The van der Waals surface area contributed by atoms with Gasteiger partial charge in [-0.2, -0.15) is 0 Å². The molecule has 3 nitrogen and oxygen atoms in total. The number of halogens is 1. The van der Waals surface area contributed by atoms with Crippen molar-refractivity contribution in [3.63, 3.8) is 0 Å². The summed E-state index contributed by atoms with van der Waals surface area (Å²) in [7, 11) is 0. The maximum atomic E-state index is 12.2. The summed E-state index contributed by atoms with van der Waals surface area (Å²) in [4.78, 5) is 12.2. The fourth-order valence-corrected chi connectivity index (χ4v) is 3.12. The minimum atomic E-state index is 0.0230. The Morgan fingerprint density at radius 3 is 3.05 bits per heavy atom. The lowest BCUT2D eigenvalue weighted by atomic mass is 9.99. The zero-order valence-corrected chi connectivity index (χ0v) is 13.6. The summed E-state index contributed by atoms with van der Waals surface area (Å²) in [5.74, 6) is 0.478. The normalized spacial score (nSPS) is 22.5. The first-order valence-electron chi connectivity index (χ1n) is 6.78. The molecule has 0 bridgehead atoms. The van der Waals surface area contributed by atoms with Crippen LogP contribution in [-0.2, 0) is 4.74 Å². The molecule has 0 aromatic heterocycles. The maximum Gasteiger partial charge on any atom is 0.252 e. The molecule has 2 unspecified atom stereocenters. The highest BCUT2D eigenvalue weighted by Gasteiger charge is 2.27. The largest absolute Gasteiger partial charge is 0.378 e. The lowest BCUT2D eigenvalue weighted by Crippen LogP contribution is -2.33. The Kier molecular flexibility index (Phi) is 5.21. The summed E-state index contributed by atoms with van der Waals surface area (Å²) in [5, 5.41) is 3.05. The number of aryl methyl sites for hydroxylation is 1.